The van der Waals surface area contributed by atoms with E-state index in [-0.39, 0.29) is 24.4 Å². The average molecular weight is 279 g/mol. The zero-order chi connectivity index (χ0) is 14.5. The highest BCUT2D eigenvalue weighted by molar-refractivity contribution is 5.85. The summed E-state index contributed by atoms with van der Waals surface area (Å²) < 4.78 is 4.65. The number of carbonyl (C=O) groups is 1. The maximum absolute atomic E-state index is 11.5. The molecule has 1 saturated carbocycles. The van der Waals surface area contributed by atoms with E-state index < -0.39 is 5.97 Å². The standard InChI is InChI=1S/C14H21N3O3/c1-9-7-12(17-13(15-9)14(19)20-2)16-11-6-4-3-5-10(11)8-18/h7,10-11,18H,3-6,8H2,1-2H3,(H,15,16,17). The third-order valence-corrected chi connectivity index (χ3v) is 3.70. The number of aromatic nitrogens is 2. The second kappa shape index (κ2) is 6.65. The van der Waals surface area contributed by atoms with Crippen molar-refractivity contribution in [1.82, 2.24) is 9.97 Å². The van der Waals surface area contributed by atoms with E-state index in [9.17, 15) is 9.90 Å². The highest BCUT2D eigenvalue weighted by atomic mass is 16.5. The zero-order valence-electron chi connectivity index (χ0n) is 11.9. The molecule has 6 heteroatoms. The van der Waals surface area contributed by atoms with Crippen molar-refractivity contribution in [3.8, 4) is 0 Å². The molecular weight excluding hydrogens is 258 g/mol. The Balaban J connectivity index is 2.15. The van der Waals surface area contributed by atoms with E-state index in [2.05, 4.69) is 20.0 Å². The van der Waals surface area contributed by atoms with Crippen LogP contribution in [0.1, 0.15) is 42.0 Å². The molecule has 2 N–H and O–H groups in total. The summed E-state index contributed by atoms with van der Waals surface area (Å²) in [6.45, 7) is 1.98. The van der Waals surface area contributed by atoms with E-state index in [4.69, 9.17) is 0 Å². The Kier molecular flexibility index (Phi) is 4.89. The molecule has 1 fully saturated rings. The first-order chi connectivity index (χ1) is 9.63. The number of carbonyl (C=O) groups excluding carboxylic acids is 1. The summed E-state index contributed by atoms with van der Waals surface area (Å²) in [4.78, 5) is 19.8. The van der Waals surface area contributed by atoms with Gasteiger partial charge in [0.15, 0.2) is 0 Å². The van der Waals surface area contributed by atoms with Crippen molar-refractivity contribution in [1.29, 1.82) is 0 Å². The number of ether oxygens (including phenoxy) is 1. The second-order valence-corrected chi connectivity index (χ2v) is 5.19. The number of hydrogen-bond acceptors (Lipinski definition) is 6. The molecule has 1 aromatic heterocycles. The fourth-order valence-corrected chi connectivity index (χ4v) is 2.63. The Bertz CT molecular complexity index is 479. The van der Waals surface area contributed by atoms with Crippen LogP contribution in [0.5, 0.6) is 0 Å². The van der Waals surface area contributed by atoms with E-state index in [1.165, 1.54) is 7.11 Å². The van der Waals surface area contributed by atoms with Gasteiger partial charge in [0.1, 0.15) is 5.82 Å². The molecule has 0 radical (unpaired) electrons. The molecule has 6 nitrogen and oxygen atoms in total. The normalized spacial score (nSPS) is 22.4. The first-order valence-corrected chi connectivity index (χ1v) is 6.95. The monoisotopic (exact) mass is 279 g/mol. The van der Waals surface area contributed by atoms with Gasteiger partial charge in [-0.05, 0) is 19.8 Å². The molecule has 1 aliphatic rings. The van der Waals surface area contributed by atoms with Crippen LogP contribution >= 0.6 is 0 Å². The molecule has 0 spiro atoms. The van der Waals surface area contributed by atoms with Crippen molar-refractivity contribution in [3.05, 3.63) is 17.6 Å². The quantitative estimate of drug-likeness (QED) is 0.813. The van der Waals surface area contributed by atoms with Gasteiger partial charge >= 0.3 is 5.97 Å². The minimum atomic E-state index is -0.542. The van der Waals surface area contributed by atoms with Crippen LogP contribution in [0.4, 0.5) is 5.82 Å². The van der Waals surface area contributed by atoms with Crippen LogP contribution in [-0.4, -0.2) is 40.8 Å². The zero-order valence-corrected chi connectivity index (χ0v) is 11.9. The van der Waals surface area contributed by atoms with Crippen LogP contribution < -0.4 is 5.32 Å². The first kappa shape index (κ1) is 14.7. The summed E-state index contributed by atoms with van der Waals surface area (Å²) in [6, 6.07) is 1.99. The SMILES string of the molecule is COC(=O)c1nc(C)cc(NC2CCCCC2CO)n1. The lowest BCUT2D eigenvalue weighted by Gasteiger charge is -2.31. The summed E-state index contributed by atoms with van der Waals surface area (Å²) in [5, 5.41) is 12.8. The third-order valence-electron chi connectivity index (χ3n) is 3.70. The minimum absolute atomic E-state index is 0.0614. The molecule has 0 bridgehead atoms. The van der Waals surface area contributed by atoms with E-state index in [0.29, 0.717) is 11.5 Å². The predicted octanol–water partition coefficient (Wildman–Crippen LogP) is 1.53. The van der Waals surface area contributed by atoms with Crippen LogP contribution in [-0.2, 0) is 4.74 Å². The van der Waals surface area contributed by atoms with Crippen LogP contribution in [0.2, 0.25) is 0 Å². The Morgan fingerprint density at radius 2 is 2.20 bits per heavy atom. The lowest BCUT2D eigenvalue weighted by molar-refractivity contribution is 0.0586. The summed E-state index contributed by atoms with van der Waals surface area (Å²) in [5.41, 5.74) is 0.708. The minimum Gasteiger partial charge on any atom is -0.463 e. The summed E-state index contributed by atoms with van der Waals surface area (Å²) >= 11 is 0. The fourth-order valence-electron chi connectivity index (χ4n) is 2.63. The maximum atomic E-state index is 11.5. The molecule has 0 amide bonds. The van der Waals surface area contributed by atoms with Crippen LogP contribution in [0.25, 0.3) is 0 Å². The number of esters is 1. The average Bonchev–Trinajstić information content (AvgIpc) is 2.46. The second-order valence-electron chi connectivity index (χ2n) is 5.19. The number of aryl methyl sites for hydroxylation is 1. The number of anilines is 1. The van der Waals surface area contributed by atoms with Crippen LogP contribution in [0, 0.1) is 12.8 Å². The Hall–Kier alpha value is -1.69. The number of rotatable bonds is 4. The van der Waals surface area contributed by atoms with Gasteiger partial charge in [-0.15, -0.1) is 0 Å². The van der Waals surface area contributed by atoms with Gasteiger partial charge in [-0.25, -0.2) is 14.8 Å². The molecule has 1 aromatic rings. The van der Waals surface area contributed by atoms with E-state index in [1.807, 2.05) is 6.92 Å². The highest BCUT2D eigenvalue weighted by Gasteiger charge is 2.25. The molecule has 0 saturated heterocycles. The summed E-state index contributed by atoms with van der Waals surface area (Å²) in [6.07, 6.45) is 4.31. The van der Waals surface area contributed by atoms with E-state index in [1.54, 1.807) is 6.07 Å². The van der Waals surface area contributed by atoms with Gasteiger partial charge in [0, 0.05) is 30.3 Å². The molecule has 2 rings (SSSR count). The number of aliphatic hydroxyl groups is 1. The molecule has 2 unspecified atom stereocenters. The lowest BCUT2D eigenvalue weighted by Crippen LogP contribution is -2.34. The maximum Gasteiger partial charge on any atom is 0.376 e. The summed E-state index contributed by atoms with van der Waals surface area (Å²) in [7, 11) is 1.31. The van der Waals surface area contributed by atoms with Crippen molar-refractivity contribution in [2.45, 2.75) is 38.6 Å². The number of nitrogens with zero attached hydrogens (tertiary/aromatic N) is 2. The fraction of sp³-hybridized carbons (Fsp3) is 0.643. The highest BCUT2D eigenvalue weighted by Crippen LogP contribution is 2.26. The van der Waals surface area contributed by atoms with Gasteiger partial charge in [-0.3, -0.25) is 0 Å². The van der Waals surface area contributed by atoms with Crippen LogP contribution in [0.3, 0.4) is 0 Å². The van der Waals surface area contributed by atoms with Gasteiger partial charge in [-0.2, -0.15) is 0 Å². The molecule has 2 atom stereocenters. The van der Waals surface area contributed by atoms with Crippen LogP contribution in [0.15, 0.2) is 6.07 Å². The lowest BCUT2D eigenvalue weighted by atomic mass is 9.85. The Morgan fingerprint density at radius 3 is 2.90 bits per heavy atom. The molecule has 1 heterocycles. The molecule has 0 aromatic carbocycles. The van der Waals surface area contributed by atoms with Gasteiger partial charge in [-0.1, -0.05) is 12.8 Å². The van der Waals surface area contributed by atoms with E-state index >= 15 is 0 Å². The molecular formula is C14H21N3O3. The Morgan fingerprint density at radius 1 is 1.45 bits per heavy atom. The number of aliphatic hydroxyl groups excluding tert-OH is 1. The van der Waals surface area contributed by atoms with Gasteiger partial charge < -0.3 is 15.2 Å². The predicted molar refractivity (Wildman–Crippen MR) is 74.6 cm³/mol. The Labute approximate surface area is 118 Å². The van der Waals surface area contributed by atoms with Gasteiger partial charge in [0.05, 0.1) is 7.11 Å². The topological polar surface area (TPSA) is 84.3 Å². The van der Waals surface area contributed by atoms with Crippen molar-refractivity contribution >= 4 is 11.8 Å². The number of methoxy groups -OCH3 is 1. The summed E-state index contributed by atoms with van der Waals surface area (Å²) in [5.74, 6) is 0.370. The molecule has 1 aliphatic carbocycles. The van der Waals surface area contributed by atoms with Gasteiger partial charge in [0.25, 0.3) is 0 Å². The van der Waals surface area contributed by atoms with Crippen molar-refractivity contribution in [2.75, 3.05) is 19.0 Å². The molecule has 20 heavy (non-hydrogen) atoms. The number of nitrogens with one attached hydrogen (secondary N) is 1. The third kappa shape index (κ3) is 3.45. The molecule has 0 aliphatic heterocycles. The largest absolute Gasteiger partial charge is 0.463 e. The van der Waals surface area contributed by atoms with E-state index in [0.717, 1.165) is 25.7 Å². The smallest absolute Gasteiger partial charge is 0.376 e. The molecule has 110 valence electrons. The van der Waals surface area contributed by atoms with Crippen molar-refractivity contribution in [2.24, 2.45) is 5.92 Å². The first-order valence-electron chi connectivity index (χ1n) is 6.95. The number of hydrogen-bond donors (Lipinski definition) is 2. The van der Waals surface area contributed by atoms with Crippen molar-refractivity contribution < 1.29 is 14.6 Å². The van der Waals surface area contributed by atoms with Crippen molar-refractivity contribution in [3.63, 3.8) is 0 Å². The van der Waals surface area contributed by atoms with Gasteiger partial charge in [0.2, 0.25) is 5.82 Å².